The van der Waals surface area contributed by atoms with Gasteiger partial charge < -0.3 is 9.64 Å². The van der Waals surface area contributed by atoms with E-state index in [-0.39, 0.29) is 17.5 Å². The molecule has 2 aliphatic rings. The van der Waals surface area contributed by atoms with E-state index in [1.807, 2.05) is 37.9 Å². The van der Waals surface area contributed by atoms with Gasteiger partial charge in [0.05, 0.1) is 12.3 Å². The van der Waals surface area contributed by atoms with Crippen molar-refractivity contribution in [1.82, 2.24) is 19.7 Å². The van der Waals surface area contributed by atoms with Gasteiger partial charge >= 0.3 is 6.03 Å². The van der Waals surface area contributed by atoms with E-state index in [4.69, 9.17) is 4.74 Å². The topological polar surface area (TPSA) is 72.3 Å². The van der Waals surface area contributed by atoms with Gasteiger partial charge in [0.15, 0.2) is 5.82 Å². The summed E-state index contributed by atoms with van der Waals surface area (Å²) in [6.45, 7) is 4.78. The quantitative estimate of drug-likeness (QED) is 0.877. The van der Waals surface area contributed by atoms with Crippen molar-refractivity contribution >= 4 is 11.8 Å². The number of aromatic nitrogens is 3. The van der Waals surface area contributed by atoms with Crippen LogP contribution in [0.1, 0.15) is 38.2 Å². The lowest BCUT2D eigenvalue weighted by atomic mass is 9.50. The van der Waals surface area contributed by atoms with Crippen LogP contribution in [0.15, 0.2) is 30.6 Å². The molecule has 4 rings (SSSR count). The Balaban J connectivity index is 1.47. The predicted octanol–water partition coefficient (Wildman–Crippen LogP) is 3.39. The lowest BCUT2D eigenvalue weighted by Gasteiger charge is -2.63. The number of aryl methyl sites for hydroxylation is 1. The predicted molar refractivity (Wildman–Crippen MR) is 103 cm³/mol. The molecule has 0 radical (unpaired) electrons. The Morgan fingerprint density at radius 3 is 2.89 bits per heavy atom. The number of nitrogens with one attached hydrogen (secondary N) is 1. The van der Waals surface area contributed by atoms with Crippen LogP contribution in [0.4, 0.5) is 10.6 Å². The number of urea groups is 1. The monoisotopic (exact) mass is 369 g/mol. The van der Waals surface area contributed by atoms with E-state index in [9.17, 15) is 4.79 Å². The van der Waals surface area contributed by atoms with Gasteiger partial charge in [-0.05, 0) is 50.8 Å². The van der Waals surface area contributed by atoms with Crippen molar-refractivity contribution in [2.45, 2.75) is 51.7 Å². The summed E-state index contributed by atoms with van der Waals surface area (Å²) in [6.07, 6.45) is 8.13. The van der Waals surface area contributed by atoms with E-state index in [0.29, 0.717) is 17.7 Å². The van der Waals surface area contributed by atoms with Gasteiger partial charge in [0.2, 0.25) is 0 Å². The van der Waals surface area contributed by atoms with Crippen LogP contribution in [0.2, 0.25) is 0 Å². The first-order valence-corrected chi connectivity index (χ1v) is 9.67. The van der Waals surface area contributed by atoms with Crippen molar-refractivity contribution in [1.29, 1.82) is 0 Å². The molecule has 0 bridgehead atoms. The molecule has 144 valence electrons. The molecular formula is C20H27N5O2. The molecule has 2 unspecified atom stereocenters. The highest BCUT2D eigenvalue weighted by atomic mass is 16.5. The highest BCUT2D eigenvalue weighted by Gasteiger charge is 2.60. The van der Waals surface area contributed by atoms with Gasteiger partial charge in [-0.1, -0.05) is 6.42 Å². The number of anilines is 1. The summed E-state index contributed by atoms with van der Waals surface area (Å²) in [7, 11) is 1.88. The molecule has 2 amide bonds. The lowest BCUT2D eigenvalue weighted by Crippen LogP contribution is -2.68. The molecule has 2 saturated carbocycles. The fourth-order valence-electron chi connectivity index (χ4n) is 4.50. The SMILES string of the molecule is CCOC1CC(N(C)C(=O)Nc2ccnn2-c2cc(C)ccn2)C12CCC2. The summed E-state index contributed by atoms with van der Waals surface area (Å²) < 4.78 is 7.56. The third-order valence-electron chi connectivity index (χ3n) is 6.18. The first-order valence-electron chi connectivity index (χ1n) is 9.67. The smallest absolute Gasteiger partial charge is 0.323 e. The summed E-state index contributed by atoms with van der Waals surface area (Å²) >= 11 is 0. The van der Waals surface area contributed by atoms with Gasteiger partial charge in [-0.25, -0.2) is 9.78 Å². The summed E-state index contributed by atoms with van der Waals surface area (Å²) in [5.74, 6) is 1.31. The Morgan fingerprint density at radius 2 is 2.22 bits per heavy atom. The van der Waals surface area contributed by atoms with Crippen molar-refractivity contribution in [3.8, 4) is 5.82 Å². The molecule has 0 saturated heterocycles. The molecule has 7 nitrogen and oxygen atoms in total. The molecule has 2 fully saturated rings. The Kier molecular flexibility index (Phi) is 4.63. The van der Waals surface area contributed by atoms with Crippen LogP contribution in [0.5, 0.6) is 0 Å². The average Bonchev–Trinajstić information content (AvgIpc) is 3.04. The second-order valence-corrected chi connectivity index (χ2v) is 7.64. The van der Waals surface area contributed by atoms with Crippen molar-refractivity contribution in [2.75, 3.05) is 19.0 Å². The maximum atomic E-state index is 12.9. The van der Waals surface area contributed by atoms with E-state index < -0.39 is 0 Å². The summed E-state index contributed by atoms with van der Waals surface area (Å²) in [5.41, 5.74) is 1.24. The molecule has 2 atom stereocenters. The Labute approximate surface area is 159 Å². The molecule has 2 aromatic rings. The number of rotatable bonds is 5. The first kappa shape index (κ1) is 18.0. The zero-order chi connectivity index (χ0) is 19.0. The molecular weight excluding hydrogens is 342 g/mol. The number of carbonyl (C=O) groups excluding carboxylic acids is 1. The number of pyridine rings is 1. The molecule has 2 aromatic heterocycles. The average molecular weight is 369 g/mol. The summed E-state index contributed by atoms with van der Waals surface area (Å²) in [6, 6.07) is 5.78. The summed E-state index contributed by atoms with van der Waals surface area (Å²) in [5, 5.41) is 7.31. The standard InChI is InChI=1S/C20H27N5O2/c1-4-27-16-13-15(20(16)8-5-9-20)24(3)19(26)23-17-7-11-22-25(17)18-12-14(2)6-10-21-18/h6-7,10-12,15-16H,4-5,8-9,13H2,1-3H3,(H,23,26). The number of ether oxygens (including phenoxy) is 1. The third-order valence-corrected chi connectivity index (χ3v) is 6.18. The van der Waals surface area contributed by atoms with Crippen LogP contribution >= 0.6 is 0 Å². The highest BCUT2D eigenvalue weighted by Crippen LogP contribution is 2.58. The molecule has 0 aromatic carbocycles. The fraction of sp³-hybridized carbons (Fsp3) is 0.550. The van der Waals surface area contributed by atoms with Gasteiger partial charge in [-0.3, -0.25) is 5.32 Å². The van der Waals surface area contributed by atoms with Crippen molar-refractivity contribution in [3.63, 3.8) is 0 Å². The van der Waals surface area contributed by atoms with Crippen LogP contribution < -0.4 is 5.32 Å². The largest absolute Gasteiger partial charge is 0.378 e. The molecule has 2 aliphatic carbocycles. The van der Waals surface area contributed by atoms with Gasteiger partial charge in [0.25, 0.3) is 0 Å². The number of hydrogen-bond donors (Lipinski definition) is 1. The normalized spacial score (nSPS) is 22.8. The number of hydrogen-bond acceptors (Lipinski definition) is 4. The first-order chi connectivity index (χ1) is 13.0. The Morgan fingerprint density at radius 1 is 1.41 bits per heavy atom. The van der Waals surface area contributed by atoms with Gasteiger partial charge in [-0.2, -0.15) is 9.78 Å². The van der Waals surface area contributed by atoms with E-state index in [0.717, 1.165) is 31.4 Å². The maximum Gasteiger partial charge on any atom is 0.323 e. The minimum Gasteiger partial charge on any atom is -0.378 e. The van der Waals surface area contributed by atoms with Crippen LogP contribution in [0.25, 0.3) is 5.82 Å². The van der Waals surface area contributed by atoms with E-state index in [1.165, 1.54) is 6.42 Å². The molecule has 1 spiro atoms. The number of amides is 2. The second-order valence-electron chi connectivity index (χ2n) is 7.64. The van der Waals surface area contributed by atoms with E-state index in [1.54, 1.807) is 23.1 Å². The lowest BCUT2D eigenvalue weighted by molar-refractivity contribution is -0.191. The zero-order valence-electron chi connectivity index (χ0n) is 16.2. The minimum absolute atomic E-state index is 0.115. The number of carbonyl (C=O) groups is 1. The van der Waals surface area contributed by atoms with Gasteiger partial charge in [-0.15, -0.1) is 0 Å². The van der Waals surface area contributed by atoms with Crippen LogP contribution in [-0.4, -0.2) is 51.5 Å². The molecule has 7 heteroatoms. The Hall–Kier alpha value is -2.41. The van der Waals surface area contributed by atoms with Crippen molar-refractivity contribution in [3.05, 3.63) is 36.2 Å². The van der Waals surface area contributed by atoms with Crippen molar-refractivity contribution < 1.29 is 9.53 Å². The third kappa shape index (κ3) is 3.00. The van der Waals surface area contributed by atoms with E-state index >= 15 is 0 Å². The van der Waals surface area contributed by atoms with Crippen LogP contribution in [-0.2, 0) is 4.74 Å². The maximum absolute atomic E-state index is 12.9. The van der Waals surface area contributed by atoms with Crippen LogP contribution in [0, 0.1) is 12.3 Å². The van der Waals surface area contributed by atoms with Crippen molar-refractivity contribution in [2.24, 2.45) is 5.41 Å². The molecule has 27 heavy (non-hydrogen) atoms. The fourth-order valence-corrected chi connectivity index (χ4v) is 4.50. The minimum atomic E-state index is -0.115. The zero-order valence-corrected chi connectivity index (χ0v) is 16.2. The van der Waals surface area contributed by atoms with E-state index in [2.05, 4.69) is 15.4 Å². The molecule has 2 heterocycles. The number of nitrogens with zero attached hydrogens (tertiary/aromatic N) is 4. The Bertz CT molecular complexity index is 829. The molecule has 0 aliphatic heterocycles. The molecule has 1 N–H and O–H groups in total. The highest BCUT2D eigenvalue weighted by molar-refractivity contribution is 5.88. The van der Waals surface area contributed by atoms with Crippen LogP contribution in [0.3, 0.4) is 0 Å². The second kappa shape index (κ2) is 6.96. The van der Waals surface area contributed by atoms with Gasteiger partial charge in [0.1, 0.15) is 5.82 Å². The van der Waals surface area contributed by atoms with Gasteiger partial charge in [0, 0.05) is 37.4 Å². The summed E-state index contributed by atoms with van der Waals surface area (Å²) in [4.78, 5) is 19.1.